The summed E-state index contributed by atoms with van der Waals surface area (Å²) >= 11 is 0. The first-order valence-corrected chi connectivity index (χ1v) is 14.0. The molecule has 12 heteroatoms. The number of carbonyl (C=O) groups excluding carboxylic acids is 1. The van der Waals surface area contributed by atoms with Gasteiger partial charge in [-0.15, -0.1) is 0 Å². The molecule has 5 heterocycles. The minimum atomic E-state index is -0.360. The molecule has 0 saturated heterocycles. The highest BCUT2D eigenvalue weighted by atomic mass is 19.1. The van der Waals surface area contributed by atoms with Crippen molar-refractivity contribution in [2.45, 2.75) is 19.8 Å². The molecule has 0 saturated carbocycles. The Labute approximate surface area is 247 Å². The Bertz CT molecular complexity index is 1930. The van der Waals surface area contributed by atoms with Crippen LogP contribution in [0.4, 0.5) is 15.8 Å². The van der Waals surface area contributed by atoms with Gasteiger partial charge in [0.05, 0.1) is 28.5 Å². The zero-order valence-electron chi connectivity index (χ0n) is 24.1. The summed E-state index contributed by atoms with van der Waals surface area (Å²) in [7, 11) is 3.98. The van der Waals surface area contributed by atoms with Crippen LogP contribution in [0.2, 0.25) is 0 Å². The molecule has 0 spiro atoms. The van der Waals surface area contributed by atoms with Crippen molar-refractivity contribution >= 4 is 39.3 Å². The van der Waals surface area contributed by atoms with Crippen LogP contribution in [0.5, 0.6) is 0 Å². The largest absolute Gasteiger partial charge is 0.384 e. The van der Waals surface area contributed by atoms with E-state index in [-0.39, 0.29) is 11.7 Å². The summed E-state index contributed by atoms with van der Waals surface area (Å²) in [5, 5.41) is 14.4. The predicted molar refractivity (Wildman–Crippen MR) is 166 cm³/mol. The fourth-order valence-electron chi connectivity index (χ4n) is 4.87. The van der Waals surface area contributed by atoms with Gasteiger partial charge in [-0.1, -0.05) is 6.92 Å². The number of nitrogens with one attached hydrogen (secondary N) is 4. The van der Waals surface area contributed by atoms with Gasteiger partial charge in [0.1, 0.15) is 17.0 Å². The molecule has 0 aliphatic heterocycles. The van der Waals surface area contributed by atoms with Gasteiger partial charge in [0.2, 0.25) is 5.91 Å². The zero-order chi connectivity index (χ0) is 29.9. The van der Waals surface area contributed by atoms with Crippen LogP contribution in [0.3, 0.4) is 0 Å². The number of amides is 1. The Kier molecular flexibility index (Phi) is 7.75. The minimum Gasteiger partial charge on any atom is -0.384 e. The molecule has 0 aliphatic carbocycles. The molecule has 0 radical (unpaired) electrons. The van der Waals surface area contributed by atoms with Crippen LogP contribution in [0.15, 0.2) is 61.2 Å². The van der Waals surface area contributed by atoms with Gasteiger partial charge < -0.3 is 20.5 Å². The number of carbonyl (C=O) groups is 1. The third-order valence-electron chi connectivity index (χ3n) is 6.94. The third-order valence-corrected chi connectivity index (χ3v) is 6.94. The summed E-state index contributed by atoms with van der Waals surface area (Å²) in [6.45, 7) is 3.45. The molecule has 6 aromatic rings. The number of aromatic amines is 2. The van der Waals surface area contributed by atoms with Crippen LogP contribution in [0, 0.1) is 5.82 Å². The zero-order valence-corrected chi connectivity index (χ0v) is 24.1. The number of benzene rings is 1. The number of halogens is 1. The second-order valence-electron chi connectivity index (χ2n) is 10.6. The topological polar surface area (TPSA) is 140 Å². The number of likely N-dealkylation sites (N-methyl/N-ethyl adjacent to an activating group) is 1. The number of anilines is 2. The van der Waals surface area contributed by atoms with Gasteiger partial charge in [0.25, 0.3) is 0 Å². The normalized spacial score (nSPS) is 11.5. The molecule has 1 aromatic carbocycles. The maximum atomic E-state index is 14.7. The second kappa shape index (κ2) is 11.9. The molecule has 218 valence electrons. The summed E-state index contributed by atoms with van der Waals surface area (Å²) < 4.78 is 14.7. The summed E-state index contributed by atoms with van der Waals surface area (Å²) in [6.07, 6.45) is 7.94. The molecule has 0 fully saturated rings. The van der Waals surface area contributed by atoms with Crippen molar-refractivity contribution in [1.82, 2.24) is 40.0 Å². The summed E-state index contributed by atoms with van der Waals surface area (Å²) in [5.41, 5.74) is 6.61. The van der Waals surface area contributed by atoms with Crippen LogP contribution < -0.4 is 10.6 Å². The first kappa shape index (κ1) is 27.9. The Morgan fingerprint density at radius 2 is 1.84 bits per heavy atom. The Morgan fingerprint density at radius 1 is 1.00 bits per heavy atom. The molecule has 0 atom stereocenters. The summed E-state index contributed by atoms with van der Waals surface area (Å²) in [5.74, 6) is 0.132. The van der Waals surface area contributed by atoms with Gasteiger partial charge in [0, 0.05) is 60.5 Å². The van der Waals surface area contributed by atoms with Gasteiger partial charge in [-0.3, -0.25) is 19.9 Å². The number of aromatic nitrogens is 7. The van der Waals surface area contributed by atoms with E-state index in [9.17, 15) is 9.18 Å². The lowest BCUT2D eigenvalue weighted by Crippen LogP contribution is -2.20. The SMILES string of the molecule is CCCC(=O)Nc1cncc(-c2cnc3n[nH]c(-c4nc5c(-c6cc(F)cc(NCCN(C)C)c6)nccc5[nH]4)c3c2)c1. The predicted octanol–water partition coefficient (Wildman–Crippen LogP) is 5.48. The molecular weight excluding hydrogens is 547 g/mol. The number of hydrogen-bond donors (Lipinski definition) is 4. The lowest BCUT2D eigenvalue weighted by Gasteiger charge is -2.12. The average molecular weight is 579 g/mol. The average Bonchev–Trinajstić information content (AvgIpc) is 3.60. The monoisotopic (exact) mass is 578 g/mol. The van der Waals surface area contributed by atoms with Gasteiger partial charge in [-0.25, -0.2) is 14.4 Å². The fraction of sp³-hybridized carbons (Fsp3) is 0.226. The first-order chi connectivity index (χ1) is 20.9. The Hall–Kier alpha value is -5.23. The fourth-order valence-corrected chi connectivity index (χ4v) is 4.87. The number of imidazole rings is 1. The van der Waals surface area contributed by atoms with E-state index in [0.29, 0.717) is 58.3 Å². The van der Waals surface area contributed by atoms with E-state index in [0.717, 1.165) is 35.0 Å². The molecular formula is C31H31FN10O. The highest BCUT2D eigenvalue weighted by Crippen LogP contribution is 2.33. The van der Waals surface area contributed by atoms with Crippen LogP contribution in [-0.4, -0.2) is 73.1 Å². The van der Waals surface area contributed by atoms with E-state index in [1.54, 1.807) is 24.8 Å². The molecule has 11 nitrogen and oxygen atoms in total. The van der Waals surface area contributed by atoms with Crippen molar-refractivity contribution in [2.24, 2.45) is 0 Å². The molecule has 5 aromatic heterocycles. The second-order valence-corrected chi connectivity index (χ2v) is 10.6. The van der Waals surface area contributed by atoms with Crippen molar-refractivity contribution < 1.29 is 9.18 Å². The van der Waals surface area contributed by atoms with Crippen molar-refractivity contribution in [2.75, 3.05) is 37.8 Å². The van der Waals surface area contributed by atoms with E-state index in [1.165, 1.54) is 12.1 Å². The Balaban J connectivity index is 1.35. The standard InChI is InChI=1S/C31H31FN10O/c1-4-5-26(43)37-23-12-19(15-33-17-23)20-13-24-28(40-41-30(24)36-16-20)31-38-25-6-7-35-27(29(25)39-31)18-10-21(32)14-22(11-18)34-8-9-42(2)3/h6-7,10-17,34H,4-5,8-9H2,1-3H3,(H,37,43)(H,38,39)(H,36,40,41). The van der Waals surface area contributed by atoms with E-state index >= 15 is 0 Å². The van der Waals surface area contributed by atoms with Crippen molar-refractivity contribution in [3.05, 3.63) is 67.0 Å². The quantitative estimate of drug-likeness (QED) is 0.168. The van der Waals surface area contributed by atoms with E-state index in [4.69, 9.17) is 4.98 Å². The smallest absolute Gasteiger partial charge is 0.224 e. The van der Waals surface area contributed by atoms with E-state index < -0.39 is 0 Å². The number of fused-ring (bicyclic) bond motifs is 2. The van der Waals surface area contributed by atoms with Crippen LogP contribution in [0.1, 0.15) is 19.8 Å². The van der Waals surface area contributed by atoms with Crippen LogP contribution >= 0.6 is 0 Å². The van der Waals surface area contributed by atoms with Gasteiger partial charge in [-0.05, 0) is 56.9 Å². The number of H-pyrrole nitrogens is 2. The van der Waals surface area contributed by atoms with E-state index in [1.807, 2.05) is 45.3 Å². The molecule has 6 rings (SSSR count). The minimum absolute atomic E-state index is 0.0547. The highest BCUT2D eigenvalue weighted by molar-refractivity contribution is 5.97. The number of nitrogens with zero attached hydrogens (tertiary/aromatic N) is 6. The molecule has 43 heavy (non-hydrogen) atoms. The van der Waals surface area contributed by atoms with Gasteiger partial charge in [-0.2, -0.15) is 5.10 Å². The summed E-state index contributed by atoms with van der Waals surface area (Å²) in [6, 6.07) is 10.5. The Morgan fingerprint density at radius 3 is 2.67 bits per heavy atom. The van der Waals surface area contributed by atoms with Crippen molar-refractivity contribution in [3.63, 3.8) is 0 Å². The van der Waals surface area contributed by atoms with Gasteiger partial charge >= 0.3 is 0 Å². The first-order valence-electron chi connectivity index (χ1n) is 14.0. The number of rotatable bonds is 10. The molecule has 0 bridgehead atoms. The summed E-state index contributed by atoms with van der Waals surface area (Å²) in [4.78, 5) is 35.8. The van der Waals surface area contributed by atoms with Crippen LogP contribution in [-0.2, 0) is 4.79 Å². The van der Waals surface area contributed by atoms with Gasteiger partial charge in [0.15, 0.2) is 11.5 Å². The highest BCUT2D eigenvalue weighted by Gasteiger charge is 2.18. The molecule has 0 unspecified atom stereocenters. The van der Waals surface area contributed by atoms with E-state index in [2.05, 4.69) is 45.7 Å². The number of pyridine rings is 3. The third kappa shape index (κ3) is 6.04. The number of hydrogen-bond acceptors (Lipinski definition) is 8. The lowest BCUT2D eigenvalue weighted by molar-refractivity contribution is -0.116. The maximum Gasteiger partial charge on any atom is 0.224 e. The lowest BCUT2D eigenvalue weighted by atomic mass is 10.1. The van der Waals surface area contributed by atoms with Crippen molar-refractivity contribution in [1.29, 1.82) is 0 Å². The molecule has 4 N–H and O–H groups in total. The maximum absolute atomic E-state index is 14.7. The molecule has 0 aliphatic rings. The van der Waals surface area contributed by atoms with Crippen LogP contribution in [0.25, 0.3) is 56.0 Å². The van der Waals surface area contributed by atoms with Crippen molar-refractivity contribution in [3.8, 4) is 33.9 Å². The molecule has 1 amide bonds.